The number of aryl methyl sites for hydroxylation is 1. The fourth-order valence-corrected chi connectivity index (χ4v) is 3.52. The number of hydrogen-bond donors (Lipinski definition) is 1. The smallest absolute Gasteiger partial charge is 0.123 e. The molecule has 0 radical (unpaired) electrons. The highest BCUT2D eigenvalue weighted by Crippen LogP contribution is 2.39. The zero-order chi connectivity index (χ0) is 14.5. The van der Waals surface area contributed by atoms with Crippen LogP contribution in [0.15, 0.2) is 0 Å². The molecule has 1 heterocycles. The van der Waals surface area contributed by atoms with Gasteiger partial charge in [0.15, 0.2) is 0 Å². The molecule has 1 aromatic rings. The van der Waals surface area contributed by atoms with Crippen molar-refractivity contribution in [3.05, 3.63) is 15.6 Å². The first-order valence-corrected chi connectivity index (χ1v) is 8.00. The van der Waals surface area contributed by atoms with Gasteiger partial charge in [0, 0.05) is 18.0 Å². The number of rotatable bonds is 7. The maximum absolute atomic E-state index is 5.94. The van der Waals surface area contributed by atoms with Crippen molar-refractivity contribution >= 4 is 11.3 Å². The Morgan fingerprint density at radius 1 is 1.32 bits per heavy atom. The summed E-state index contributed by atoms with van der Waals surface area (Å²) in [7, 11) is 1.99. The Bertz CT molecular complexity index is 358. The van der Waals surface area contributed by atoms with Crippen molar-refractivity contribution in [1.82, 2.24) is 10.3 Å². The molecule has 0 fully saturated rings. The lowest BCUT2D eigenvalue weighted by Gasteiger charge is -2.28. The van der Waals surface area contributed by atoms with Crippen LogP contribution in [0.5, 0.6) is 0 Å². The fraction of sp³-hybridized carbons (Fsp3) is 0.800. The van der Waals surface area contributed by atoms with Crippen molar-refractivity contribution in [2.24, 2.45) is 5.41 Å². The van der Waals surface area contributed by atoms with Crippen LogP contribution in [0.4, 0.5) is 0 Å². The Kier molecular flexibility index (Phi) is 6.43. The van der Waals surface area contributed by atoms with E-state index in [0.29, 0.717) is 0 Å². The molecule has 0 saturated carbocycles. The summed E-state index contributed by atoms with van der Waals surface area (Å²) in [6, 6.07) is 0. The first kappa shape index (κ1) is 16.6. The van der Waals surface area contributed by atoms with Crippen molar-refractivity contribution in [3.63, 3.8) is 0 Å². The van der Waals surface area contributed by atoms with E-state index in [1.165, 1.54) is 10.6 Å². The molecule has 0 bridgehead atoms. The summed E-state index contributed by atoms with van der Waals surface area (Å²) < 4.78 is 5.94. The molecule has 4 heteroatoms. The molecule has 110 valence electrons. The Balaban J connectivity index is 3.06. The van der Waals surface area contributed by atoms with Gasteiger partial charge in [-0.05, 0) is 25.8 Å². The van der Waals surface area contributed by atoms with Crippen LogP contribution in [0.1, 0.15) is 62.7 Å². The molecule has 1 atom stereocenters. The van der Waals surface area contributed by atoms with Gasteiger partial charge in [-0.2, -0.15) is 0 Å². The molecular formula is C15H28N2OS. The Hall–Kier alpha value is -0.450. The molecule has 0 aromatic carbocycles. The summed E-state index contributed by atoms with van der Waals surface area (Å²) in [5.41, 5.74) is 1.32. The number of thiazole rings is 1. The van der Waals surface area contributed by atoms with E-state index in [1.54, 1.807) is 11.3 Å². The van der Waals surface area contributed by atoms with Crippen LogP contribution in [0.25, 0.3) is 0 Å². The topological polar surface area (TPSA) is 34.1 Å². The molecule has 1 rings (SSSR count). The second kappa shape index (κ2) is 7.36. The highest BCUT2D eigenvalue weighted by molar-refractivity contribution is 7.11. The Labute approximate surface area is 121 Å². The maximum atomic E-state index is 5.94. The summed E-state index contributed by atoms with van der Waals surface area (Å²) >= 11 is 1.80. The van der Waals surface area contributed by atoms with E-state index >= 15 is 0 Å². The first-order valence-electron chi connectivity index (χ1n) is 7.18. The van der Waals surface area contributed by atoms with Crippen LogP contribution in [-0.2, 0) is 17.7 Å². The molecule has 1 aromatic heterocycles. The molecule has 0 aliphatic heterocycles. The van der Waals surface area contributed by atoms with Crippen LogP contribution in [0, 0.1) is 5.41 Å². The van der Waals surface area contributed by atoms with E-state index in [1.807, 2.05) is 14.0 Å². The molecule has 0 aliphatic carbocycles. The number of nitrogens with zero attached hydrogens (tertiary/aromatic N) is 1. The van der Waals surface area contributed by atoms with E-state index in [4.69, 9.17) is 9.72 Å². The predicted molar refractivity (Wildman–Crippen MR) is 82.7 cm³/mol. The first-order chi connectivity index (χ1) is 8.93. The van der Waals surface area contributed by atoms with Gasteiger partial charge in [-0.1, -0.05) is 34.1 Å². The quantitative estimate of drug-likeness (QED) is 0.823. The highest BCUT2D eigenvalue weighted by atomic mass is 32.1. The number of aromatic nitrogens is 1. The van der Waals surface area contributed by atoms with Gasteiger partial charge in [-0.15, -0.1) is 11.3 Å². The third kappa shape index (κ3) is 4.55. The van der Waals surface area contributed by atoms with E-state index in [0.717, 1.165) is 31.0 Å². The van der Waals surface area contributed by atoms with Gasteiger partial charge >= 0.3 is 0 Å². The summed E-state index contributed by atoms with van der Waals surface area (Å²) in [5, 5.41) is 4.36. The third-order valence-electron chi connectivity index (χ3n) is 2.96. The van der Waals surface area contributed by atoms with Crippen molar-refractivity contribution in [3.8, 4) is 0 Å². The molecule has 1 unspecified atom stereocenters. The molecule has 0 spiro atoms. The van der Waals surface area contributed by atoms with Gasteiger partial charge in [0.05, 0.1) is 5.69 Å². The van der Waals surface area contributed by atoms with Gasteiger partial charge in [0.2, 0.25) is 0 Å². The minimum absolute atomic E-state index is 0.0776. The van der Waals surface area contributed by atoms with Crippen LogP contribution in [0.3, 0.4) is 0 Å². The zero-order valence-corrected chi connectivity index (χ0v) is 14.0. The van der Waals surface area contributed by atoms with Crippen molar-refractivity contribution in [1.29, 1.82) is 0 Å². The van der Waals surface area contributed by atoms with Gasteiger partial charge in [0.25, 0.3) is 0 Å². The van der Waals surface area contributed by atoms with Gasteiger partial charge in [-0.3, -0.25) is 0 Å². The van der Waals surface area contributed by atoms with Gasteiger partial charge < -0.3 is 10.1 Å². The summed E-state index contributed by atoms with van der Waals surface area (Å²) in [6.45, 7) is 12.5. The molecule has 0 saturated heterocycles. The number of nitrogens with one attached hydrogen (secondary N) is 1. The minimum Gasteiger partial charge on any atom is -0.371 e. The summed E-state index contributed by atoms with van der Waals surface area (Å²) in [5.74, 6) is 0. The molecule has 0 aliphatic rings. The van der Waals surface area contributed by atoms with Crippen molar-refractivity contribution in [2.45, 2.75) is 60.1 Å². The van der Waals surface area contributed by atoms with Gasteiger partial charge in [0.1, 0.15) is 11.1 Å². The molecular weight excluding hydrogens is 256 g/mol. The van der Waals surface area contributed by atoms with Crippen molar-refractivity contribution < 1.29 is 4.74 Å². The fourth-order valence-electron chi connectivity index (χ4n) is 2.10. The average molecular weight is 284 g/mol. The normalized spacial score (nSPS) is 13.8. The number of hydrogen-bond acceptors (Lipinski definition) is 4. The van der Waals surface area contributed by atoms with Crippen LogP contribution < -0.4 is 5.32 Å². The van der Waals surface area contributed by atoms with Crippen LogP contribution in [0.2, 0.25) is 0 Å². The lowest BCUT2D eigenvalue weighted by atomic mass is 9.89. The third-order valence-corrected chi connectivity index (χ3v) is 4.10. The van der Waals surface area contributed by atoms with Gasteiger partial charge in [-0.25, -0.2) is 4.98 Å². The molecule has 19 heavy (non-hydrogen) atoms. The second-order valence-electron chi connectivity index (χ2n) is 5.90. The Morgan fingerprint density at radius 2 is 2.00 bits per heavy atom. The molecule has 3 nitrogen and oxygen atoms in total. The summed E-state index contributed by atoms with van der Waals surface area (Å²) in [6.07, 6.45) is 2.27. The van der Waals surface area contributed by atoms with E-state index < -0.39 is 0 Å². The predicted octanol–water partition coefficient (Wildman–Crippen LogP) is 3.94. The van der Waals surface area contributed by atoms with E-state index in [2.05, 4.69) is 33.0 Å². The standard InChI is InChI=1S/C15H28N2OS/c1-7-9-11-12(10-16-6)19-14(17-11)13(18-8-2)15(3,4)5/h13,16H,7-10H2,1-6H3. The number of ether oxygens (including phenoxy) is 1. The lowest BCUT2D eigenvalue weighted by Crippen LogP contribution is -2.21. The highest BCUT2D eigenvalue weighted by Gasteiger charge is 2.30. The maximum Gasteiger partial charge on any atom is 0.123 e. The molecule has 1 N–H and O–H groups in total. The average Bonchev–Trinajstić information content (AvgIpc) is 2.68. The van der Waals surface area contributed by atoms with Crippen LogP contribution >= 0.6 is 11.3 Å². The zero-order valence-electron chi connectivity index (χ0n) is 13.2. The van der Waals surface area contributed by atoms with Crippen molar-refractivity contribution in [2.75, 3.05) is 13.7 Å². The molecule has 0 amide bonds. The minimum atomic E-state index is 0.0776. The second-order valence-corrected chi connectivity index (χ2v) is 7.02. The Morgan fingerprint density at radius 3 is 2.47 bits per heavy atom. The summed E-state index contributed by atoms with van der Waals surface area (Å²) in [4.78, 5) is 6.21. The monoisotopic (exact) mass is 284 g/mol. The SMILES string of the molecule is CCCc1nc(C(OCC)C(C)(C)C)sc1CNC. The van der Waals surface area contributed by atoms with E-state index in [9.17, 15) is 0 Å². The lowest BCUT2D eigenvalue weighted by molar-refractivity contribution is -0.0134. The largest absolute Gasteiger partial charge is 0.371 e. The van der Waals surface area contributed by atoms with Crippen LogP contribution in [-0.4, -0.2) is 18.6 Å². The van der Waals surface area contributed by atoms with E-state index in [-0.39, 0.29) is 11.5 Å².